The van der Waals surface area contributed by atoms with Gasteiger partial charge >= 0.3 is 12.1 Å². The van der Waals surface area contributed by atoms with Crippen molar-refractivity contribution in [1.82, 2.24) is 14.8 Å². The van der Waals surface area contributed by atoms with Crippen molar-refractivity contribution < 1.29 is 29.0 Å². The van der Waals surface area contributed by atoms with E-state index in [4.69, 9.17) is 9.47 Å². The average Bonchev–Trinajstić information content (AvgIpc) is 3.66. The summed E-state index contributed by atoms with van der Waals surface area (Å²) in [5.74, 6) is -0.986. The van der Waals surface area contributed by atoms with E-state index in [1.165, 1.54) is 4.90 Å². The average molecular weight is 623 g/mol. The van der Waals surface area contributed by atoms with E-state index in [9.17, 15) is 24.3 Å². The molecule has 1 aromatic rings. The zero-order valence-electron chi connectivity index (χ0n) is 23.1. The fraction of sp³-hybridized carbons (Fsp3) is 0.724. The number of fused-ring (bicyclic) bond motifs is 4. The summed E-state index contributed by atoms with van der Waals surface area (Å²) in [4.78, 5) is 53.9. The molecule has 4 aliphatic rings. The number of amides is 2. The minimum absolute atomic E-state index is 0.0255. The van der Waals surface area contributed by atoms with Crippen LogP contribution in [-0.4, -0.2) is 62.9 Å². The number of carboxylic acid groups (broad SMARTS) is 1. The normalized spacial score (nSPS) is 32.3. The molecule has 1 aromatic heterocycles. The van der Waals surface area contributed by atoms with Crippen LogP contribution in [-0.2, 0) is 20.9 Å². The van der Waals surface area contributed by atoms with E-state index in [0.717, 1.165) is 70.6 Å². The number of alkyl carbamates (subject to hydrolysis) is 1. The first kappa shape index (κ1) is 29.0. The molecule has 2 bridgehead atoms. The van der Waals surface area contributed by atoms with Crippen LogP contribution in [0.5, 0.6) is 5.88 Å². The molecule has 0 radical (unpaired) electrons. The van der Waals surface area contributed by atoms with Crippen molar-refractivity contribution in [2.75, 3.05) is 6.54 Å². The third-order valence-electron chi connectivity index (χ3n) is 9.23. The van der Waals surface area contributed by atoms with Gasteiger partial charge in [0.1, 0.15) is 23.8 Å². The number of aromatic nitrogens is 1. The number of carbonyl (C=O) groups excluding carboxylic acids is 2. The number of nitrogens with one attached hydrogen (secondary N) is 1. The molecule has 1 saturated heterocycles. The molecule has 5 atom stereocenters. The lowest BCUT2D eigenvalue weighted by Crippen LogP contribution is -2.55. The number of hydrogen-bond donors (Lipinski definition) is 2. The zero-order valence-corrected chi connectivity index (χ0v) is 24.7. The van der Waals surface area contributed by atoms with Gasteiger partial charge in [0.05, 0.1) is 11.0 Å². The Morgan fingerprint density at radius 1 is 1.00 bits per heavy atom. The minimum Gasteiger partial charge on any atom is -0.480 e. The maximum Gasteiger partial charge on any atom is 0.408 e. The number of ether oxygens (including phenoxy) is 2. The van der Waals surface area contributed by atoms with Gasteiger partial charge in [-0.05, 0) is 91.8 Å². The summed E-state index contributed by atoms with van der Waals surface area (Å²) < 4.78 is 14.3. The lowest BCUT2D eigenvalue weighted by molar-refractivity contribution is -0.149. The number of halogens is 1. The Bertz CT molecular complexity index is 1180. The molecular weight excluding hydrogens is 582 g/mol. The summed E-state index contributed by atoms with van der Waals surface area (Å²) in [6, 6.07) is 1.39. The van der Waals surface area contributed by atoms with Crippen molar-refractivity contribution in [3.05, 3.63) is 27.0 Å². The lowest BCUT2D eigenvalue weighted by Gasteiger charge is -2.32. The Morgan fingerprint density at radius 3 is 2.45 bits per heavy atom. The van der Waals surface area contributed by atoms with Gasteiger partial charge in [-0.3, -0.25) is 14.2 Å². The van der Waals surface area contributed by atoms with Crippen molar-refractivity contribution in [1.29, 1.82) is 0 Å². The number of rotatable bonds is 2. The molecule has 2 saturated carbocycles. The molecule has 2 N–H and O–H groups in total. The highest BCUT2D eigenvalue weighted by molar-refractivity contribution is 9.10. The number of carboxylic acids is 1. The second-order valence-electron chi connectivity index (χ2n) is 12.2. The summed E-state index contributed by atoms with van der Waals surface area (Å²) in [5, 5.41) is 13.0. The molecular formula is C29H40BrN3O7. The van der Waals surface area contributed by atoms with Gasteiger partial charge in [-0.15, -0.1) is 0 Å². The van der Waals surface area contributed by atoms with Gasteiger partial charge in [-0.1, -0.05) is 25.7 Å². The van der Waals surface area contributed by atoms with Crippen molar-refractivity contribution in [2.24, 2.45) is 11.8 Å². The molecule has 2 aliphatic carbocycles. The molecule has 3 heterocycles. The first-order valence-electron chi connectivity index (χ1n) is 14.7. The molecule has 0 aromatic carbocycles. The van der Waals surface area contributed by atoms with Crippen LogP contribution >= 0.6 is 15.9 Å². The zero-order chi connectivity index (χ0) is 28.4. The Balaban J connectivity index is 1.48. The van der Waals surface area contributed by atoms with Crippen LogP contribution in [0.2, 0.25) is 0 Å². The van der Waals surface area contributed by atoms with Crippen LogP contribution in [0.1, 0.15) is 84.0 Å². The lowest BCUT2D eigenvalue weighted by atomic mass is 9.96. The van der Waals surface area contributed by atoms with Gasteiger partial charge in [-0.25, -0.2) is 9.59 Å². The predicted molar refractivity (Wildman–Crippen MR) is 150 cm³/mol. The molecule has 220 valence electrons. The molecule has 3 fully saturated rings. The highest BCUT2D eigenvalue weighted by Gasteiger charge is 2.51. The second kappa shape index (κ2) is 12.1. The molecule has 10 nitrogen and oxygen atoms in total. The summed E-state index contributed by atoms with van der Waals surface area (Å²) in [6.07, 6.45) is 9.15. The molecule has 0 unspecified atom stereocenters. The van der Waals surface area contributed by atoms with Crippen molar-refractivity contribution in [2.45, 2.75) is 114 Å². The highest BCUT2D eigenvalue weighted by atomic mass is 79.9. The van der Waals surface area contributed by atoms with Crippen LogP contribution in [0.15, 0.2) is 21.4 Å². The molecule has 2 amide bonds. The van der Waals surface area contributed by atoms with Crippen LogP contribution < -0.4 is 15.6 Å². The summed E-state index contributed by atoms with van der Waals surface area (Å²) in [7, 11) is 0. The number of nitrogens with zero attached hydrogens (tertiary/aromatic N) is 2. The van der Waals surface area contributed by atoms with Gasteiger partial charge in [-0.2, -0.15) is 0 Å². The topological polar surface area (TPSA) is 127 Å². The number of hydrogen-bond acceptors (Lipinski definition) is 6. The van der Waals surface area contributed by atoms with Gasteiger partial charge in [0, 0.05) is 13.0 Å². The quantitative estimate of drug-likeness (QED) is 0.499. The van der Waals surface area contributed by atoms with Crippen molar-refractivity contribution in [3.63, 3.8) is 0 Å². The van der Waals surface area contributed by atoms with E-state index in [0.29, 0.717) is 16.9 Å². The van der Waals surface area contributed by atoms with E-state index >= 15 is 0 Å². The van der Waals surface area contributed by atoms with Crippen LogP contribution in [0, 0.1) is 11.8 Å². The smallest absolute Gasteiger partial charge is 0.408 e. The largest absolute Gasteiger partial charge is 0.480 e. The number of aliphatic carboxylic acids is 1. The fourth-order valence-electron chi connectivity index (χ4n) is 7.16. The predicted octanol–water partition coefficient (Wildman–Crippen LogP) is 4.46. The molecule has 11 heteroatoms. The van der Waals surface area contributed by atoms with Gasteiger partial charge in [0.2, 0.25) is 5.91 Å². The summed E-state index contributed by atoms with van der Waals surface area (Å²) in [5.41, 5.74) is -1.24. The first-order valence-corrected chi connectivity index (χ1v) is 15.5. The molecule has 5 rings (SSSR count). The maximum atomic E-state index is 14.0. The van der Waals surface area contributed by atoms with Crippen molar-refractivity contribution in [3.8, 4) is 5.88 Å². The number of carbonyl (C=O) groups is 3. The van der Waals surface area contributed by atoms with Gasteiger partial charge < -0.3 is 24.8 Å². The minimum atomic E-state index is -1.12. The Hall–Kier alpha value is -2.56. The Labute approximate surface area is 242 Å². The molecule has 40 heavy (non-hydrogen) atoms. The molecule has 2 aliphatic heterocycles. The van der Waals surface area contributed by atoms with E-state index < -0.39 is 35.7 Å². The van der Waals surface area contributed by atoms with Gasteiger partial charge in [0.25, 0.3) is 5.56 Å². The van der Waals surface area contributed by atoms with E-state index in [1.807, 2.05) is 0 Å². The highest BCUT2D eigenvalue weighted by Crippen LogP contribution is 2.36. The standard InChI is InChI=1S/C29H40BrN3O7/c1-29-16-21(27(36)37)33(17-29)26(35)24(19-9-4-5-10-19)31-28(38)39-22-12-7-11-18(22)8-3-2-6-15-32-23(40-29)14-13-20(30)25(32)34/h13-14,18-19,21-22,24H,2-12,15-17H2,1H3,(H,31,38)(H,36,37)/t18-,21+,22-,24+,29-/m1/s1. The van der Waals surface area contributed by atoms with Gasteiger partial charge in [0.15, 0.2) is 5.88 Å². The Morgan fingerprint density at radius 2 is 1.70 bits per heavy atom. The van der Waals surface area contributed by atoms with E-state index in [1.54, 1.807) is 23.6 Å². The van der Waals surface area contributed by atoms with Crippen LogP contribution in [0.25, 0.3) is 0 Å². The molecule has 0 spiro atoms. The fourth-order valence-corrected chi connectivity index (χ4v) is 7.51. The SMILES string of the molecule is C[C@@]12C[C@@H](C(=O)O)N(C1)C(=O)[C@H](C1CCCC1)NC(=O)O[C@@H]1CCC[C@H]1CCCCCn1c(ccc(Br)c1=O)O2. The third kappa shape index (κ3) is 6.19. The maximum absolute atomic E-state index is 14.0. The van der Waals surface area contributed by atoms with Crippen LogP contribution in [0.3, 0.4) is 0 Å². The number of pyridine rings is 1. The second-order valence-corrected chi connectivity index (χ2v) is 13.1. The van der Waals surface area contributed by atoms with E-state index in [-0.39, 0.29) is 36.5 Å². The van der Waals surface area contributed by atoms with Crippen molar-refractivity contribution >= 4 is 33.9 Å². The summed E-state index contributed by atoms with van der Waals surface area (Å²) in [6.45, 7) is 2.26. The van der Waals surface area contributed by atoms with E-state index in [2.05, 4.69) is 21.2 Å². The first-order chi connectivity index (χ1) is 19.1. The summed E-state index contributed by atoms with van der Waals surface area (Å²) >= 11 is 3.34. The Kier molecular flexibility index (Phi) is 8.78. The third-order valence-corrected chi connectivity index (χ3v) is 9.83. The van der Waals surface area contributed by atoms with Crippen LogP contribution in [0.4, 0.5) is 4.79 Å². The monoisotopic (exact) mass is 621 g/mol.